The third-order valence-corrected chi connectivity index (χ3v) is 3.33. The van der Waals surface area contributed by atoms with Crippen molar-refractivity contribution < 1.29 is 23.1 Å². The molecule has 1 atom stereocenters. The Kier molecular flexibility index (Phi) is 6.05. The number of rotatable bonds is 6. The Hall–Kier alpha value is -2.96. The number of benzene rings is 2. The predicted molar refractivity (Wildman–Crippen MR) is 89.0 cm³/mol. The highest BCUT2D eigenvalue weighted by Crippen LogP contribution is 2.21. The average molecular weight is 348 g/mol. The number of hydrogen-bond donors (Lipinski definition) is 2. The number of hydrogen-bond acceptors (Lipinski definition) is 3. The molecule has 0 fully saturated rings. The van der Waals surface area contributed by atoms with Crippen molar-refractivity contribution in [1.29, 1.82) is 0 Å². The zero-order valence-corrected chi connectivity index (χ0v) is 13.8. The molecule has 0 radical (unpaired) electrons. The molecule has 2 amide bonds. The highest BCUT2D eigenvalue weighted by molar-refractivity contribution is 5.96. The molecule has 5 nitrogen and oxygen atoms in total. The minimum atomic E-state index is -0.786. The first kappa shape index (κ1) is 18.4. The normalized spacial score (nSPS) is 11.5. The number of anilines is 1. The van der Waals surface area contributed by atoms with Gasteiger partial charge in [0.1, 0.15) is 30.0 Å². The van der Waals surface area contributed by atoms with Gasteiger partial charge in [-0.05, 0) is 36.8 Å². The van der Waals surface area contributed by atoms with Crippen molar-refractivity contribution in [3.8, 4) is 5.75 Å². The molecule has 1 unspecified atom stereocenters. The minimum Gasteiger partial charge on any atom is -0.489 e. The van der Waals surface area contributed by atoms with E-state index in [0.717, 1.165) is 11.6 Å². The number of nitrogens with one attached hydrogen (secondary N) is 2. The van der Waals surface area contributed by atoms with Gasteiger partial charge in [-0.15, -0.1) is 0 Å². The van der Waals surface area contributed by atoms with E-state index in [2.05, 4.69) is 10.6 Å². The molecule has 0 aliphatic carbocycles. The molecular formula is C18H18F2N2O3. The molecule has 0 heterocycles. The summed E-state index contributed by atoms with van der Waals surface area (Å²) in [6, 6.07) is 9.00. The van der Waals surface area contributed by atoms with Gasteiger partial charge in [-0.2, -0.15) is 0 Å². The highest BCUT2D eigenvalue weighted by atomic mass is 19.1. The Balaban J connectivity index is 1.96. The third-order valence-electron chi connectivity index (χ3n) is 3.33. The Labute approximate surface area is 144 Å². The SMILES string of the molecule is CC(=O)NC(C)C(=O)Nc1ccc(OCc2ccc(F)cc2)cc1F. The molecule has 132 valence electrons. The van der Waals surface area contributed by atoms with Gasteiger partial charge in [0.05, 0.1) is 5.69 Å². The summed E-state index contributed by atoms with van der Waals surface area (Å²) in [6.45, 7) is 2.94. The molecule has 25 heavy (non-hydrogen) atoms. The van der Waals surface area contributed by atoms with E-state index in [4.69, 9.17) is 4.74 Å². The fourth-order valence-electron chi connectivity index (χ4n) is 2.05. The molecule has 0 bridgehead atoms. The van der Waals surface area contributed by atoms with E-state index in [1.165, 1.54) is 38.1 Å². The maximum absolute atomic E-state index is 14.1. The van der Waals surface area contributed by atoms with Crippen LogP contribution in [0.2, 0.25) is 0 Å². The first-order valence-electron chi connectivity index (χ1n) is 7.60. The molecule has 0 spiro atoms. The lowest BCUT2D eigenvalue weighted by molar-refractivity contribution is -0.124. The molecule has 0 aliphatic heterocycles. The van der Waals surface area contributed by atoms with Crippen LogP contribution in [0.15, 0.2) is 42.5 Å². The lowest BCUT2D eigenvalue weighted by Gasteiger charge is -2.14. The van der Waals surface area contributed by atoms with E-state index >= 15 is 0 Å². The molecule has 2 N–H and O–H groups in total. The Morgan fingerprint density at radius 3 is 2.40 bits per heavy atom. The summed E-state index contributed by atoms with van der Waals surface area (Å²) in [4.78, 5) is 22.8. The van der Waals surface area contributed by atoms with Crippen molar-refractivity contribution in [2.24, 2.45) is 0 Å². The number of carbonyl (C=O) groups is 2. The average Bonchev–Trinajstić information content (AvgIpc) is 2.56. The van der Waals surface area contributed by atoms with Crippen molar-refractivity contribution in [1.82, 2.24) is 5.32 Å². The largest absolute Gasteiger partial charge is 0.489 e. The molecule has 0 aliphatic rings. The van der Waals surface area contributed by atoms with E-state index in [1.807, 2.05) is 0 Å². The maximum Gasteiger partial charge on any atom is 0.246 e. The van der Waals surface area contributed by atoms with Crippen molar-refractivity contribution in [3.05, 3.63) is 59.7 Å². The van der Waals surface area contributed by atoms with Crippen LogP contribution in [0, 0.1) is 11.6 Å². The number of ether oxygens (including phenoxy) is 1. The second kappa shape index (κ2) is 8.23. The molecule has 0 aromatic heterocycles. The molecule has 0 saturated carbocycles. The van der Waals surface area contributed by atoms with Crippen LogP contribution in [0.25, 0.3) is 0 Å². The van der Waals surface area contributed by atoms with Crippen molar-refractivity contribution in [2.75, 3.05) is 5.32 Å². The van der Waals surface area contributed by atoms with Gasteiger partial charge in [0, 0.05) is 13.0 Å². The Morgan fingerprint density at radius 1 is 1.12 bits per heavy atom. The first-order chi connectivity index (χ1) is 11.8. The fraction of sp³-hybridized carbons (Fsp3) is 0.222. The summed E-state index contributed by atoms with van der Waals surface area (Å²) in [5.74, 6) is -1.63. The van der Waals surface area contributed by atoms with Gasteiger partial charge in [0.2, 0.25) is 11.8 Å². The number of halogens is 2. The van der Waals surface area contributed by atoms with Crippen molar-refractivity contribution in [3.63, 3.8) is 0 Å². The summed E-state index contributed by atoms with van der Waals surface area (Å²) in [6.07, 6.45) is 0. The number of carbonyl (C=O) groups excluding carboxylic acids is 2. The highest BCUT2D eigenvalue weighted by Gasteiger charge is 2.15. The van der Waals surface area contributed by atoms with Gasteiger partial charge in [-0.25, -0.2) is 8.78 Å². The van der Waals surface area contributed by atoms with Crippen molar-refractivity contribution >= 4 is 17.5 Å². The monoisotopic (exact) mass is 348 g/mol. The second-order valence-corrected chi connectivity index (χ2v) is 5.47. The summed E-state index contributed by atoms with van der Waals surface area (Å²) < 4.78 is 32.4. The van der Waals surface area contributed by atoms with E-state index < -0.39 is 17.8 Å². The quantitative estimate of drug-likeness (QED) is 0.843. The predicted octanol–water partition coefficient (Wildman–Crippen LogP) is 3.01. The van der Waals surface area contributed by atoms with E-state index in [0.29, 0.717) is 0 Å². The van der Waals surface area contributed by atoms with E-state index in [-0.39, 0.29) is 29.8 Å². The molecular weight excluding hydrogens is 330 g/mol. The smallest absolute Gasteiger partial charge is 0.246 e. The number of amides is 2. The Morgan fingerprint density at radius 2 is 1.80 bits per heavy atom. The van der Waals surface area contributed by atoms with Crippen molar-refractivity contribution in [2.45, 2.75) is 26.5 Å². The van der Waals surface area contributed by atoms with Crippen LogP contribution in [0.3, 0.4) is 0 Å². The van der Waals surface area contributed by atoms with Crippen LogP contribution in [0.5, 0.6) is 5.75 Å². The van der Waals surface area contributed by atoms with Crippen LogP contribution in [-0.4, -0.2) is 17.9 Å². The zero-order valence-electron chi connectivity index (χ0n) is 13.8. The Bertz CT molecular complexity index is 763. The van der Waals surface area contributed by atoms with Crippen LogP contribution in [0.1, 0.15) is 19.4 Å². The lowest BCUT2D eigenvalue weighted by atomic mass is 10.2. The summed E-state index contributed by atoms with van der Waals surface area (Å²) in [5.41, 5.74) is 0.722. The van der Waals surface area contributed by atoms with Gasteiger partial charge >= 0.3 is 0 Å². The van der Waals surface area contributed by atoms with Crippen LogP contribution >= 0.6 is 0 Å². The van der Waals surface area contributed by atoms with Crippen LogP contribution < -0.4 is 15.4 Å². The van der Waals surface area contributed by atoms with Gasteiger partial charge in [-0.1, -0.05) is 12.1 Å². The summed E-state index contributed by atoms with van der Waals surface area (Å²) >= 11 is 0. The first-order valence-corrected chi connectivity index (χ1v) is 7.60. The van der Waals surface area contributed by atoms with Crippen LogP contribution in [0.4, 0.5) is 14.5 Å². The molecule has 2 aromatic rings. The van der Waals surface area contributed by atoms with E-state index in [1.54, 1.807) is 12.1 Å². The van der Waals surface area contributed by atoms with Gasteiger partial charge < -0.3 is 15.4 Å². The second-order valence-electron chi connectivity index (χ2n) is 5.47. The zero-order chi connectivity index (χ0) is 18.4. The fourth-order valence-corrected chi connectivity index (χ4v) is 2.05. The lowest BCUT2D eigenvalue weighted by Crippen LogP contribution is -2.40. The summed E-state index contributed by atoms with van der Waals surface area (Å²) in [5, 5.41) is 4.81. The summed E-state index contributed by atoms with van der Waals surface area (Å²) in [7, 11) is 0. The standard InChI is InChI=1S/C18H18F2N2O3/c1-11(21-12(2)23)18(24)22-17-8-7-15(9-16(17)20)25-10-13-3-5-14(19)6-4-13/h3-9,11H,10H2,1-2H3,(H,21,23)(H,22,24). The molecule has 7 heteroatoms. The van der Waals surface area contributed by atoms with Gasteiger partial charge in [0.15, 0.2) is 0 Å². The minimum absolute atomic E-state index is 0.0173. The molecule has 0 saturated heterocycles. The van der Waals surface area contributed by atoms with E-state index in [9.17, 15) is 18.4 Å². The topological polar surface area (TPSA) is 67.4 Å². The third kappa shape index (κ3) is 5.56. The molecule has 2 aromatic carbocycles. The maximum atomic E-state index is 14.1. The van der Waals surface area contributed by atoms with Gasteiger partial charge in [-0.3, -0.25) is 9.59 Å². The van der Waals surface area contributed by atoms with Crippen LogP contribution in [-0.2, 0) is 16.2 Å². The van der Waals surface area contributed by atoms with Gasteiger partial charge in [0.25, 0.3) is 0 Å². The molecule has 2 rings (SSSR count).